The second-order valence-electron chi connectivity index (χ2n) is 2.93. The number of halogens is 1. The predicted octanol–water partition coefficient (Wildman–Crippen LogP) is 1.29. The van der Waals surface area contributed by atoms with Crippen LogP contribution in [0.3, 0.4) is 0 Å². The molecule has 0 unspecified atom stereocenters. The van der Waals surface area contributed by atoms with E-state index in [1.165, 1.54) is 19.1 Å². The Kier molecular flexibility index (Phi) is 3.35. The number of aliphatic hydroxyl groups is 1. The van der Waals surface area contributed by atoms with Gasteiger partial charge < -0.3 is 5.11 Å². The highest BCUT2D eigenvalue weighted by atomic mass is 35.7. The lowest BCUT2D eigenvalue weighted by Gasteiger charge is -2.08. The van der Waals surface area contributed by atoms with Crippen LogP contribution in [0.2, 0.25) is 0 Å². The average molecular weight is 246 g/mol. The van der Waals surface area contributed by atoms with Crippen LogP contribution in [0, 0.1) is 18.3 Å². The normalized spacial score (nSPS) is 11.1. The summed E-state index contributed by atoms with van der Waals surface area (Å²) in [6.45, 7) is 1.21. The largest absolute Gasteiger partial charge is 0.392 e. The first kappa shape index (κ1) is 12.0. The van der Waals surface area contributed by atoms with Crippen LogP contribution in [0.5, 0.6) is 0 Å². The Morgan fingerprint density at radius 3 is 2.53 bits per heavy atom. The van der Waals surface area contributed by atoms with E-state index in [0.29, 0.717) is 11.1 Å². The van der Waals surface area contributed by atoms with Crippen LogP contribution in [0.1, 0.15) is 16.7 Å². The fourth-order valence-electron chi connectivity index (χ4n) is 1.31. The fraction of sp³-hybridized carbons (Fsp3) is 0.222. The van der Waals surface area contributed by atoms with Gasteiger partial charge in [0.2, 0.25) is 0 Å². The standard InChI is InChI=1S/C9H8ClNO3S/c1-6-8(5-12)3-2-7(4-11)9(6)15(10,13)14/h2-3,12H,5H2,1H3. The van der Waals surface area contributed by atoms with E-state index < -0.39 is 9.05 Å². The summed E-state index contributed by atoms with van der Waals surface area (Å²) in [6.07, 6.45) is 0. The lowest BCUT2D eigenvalue weighted by molar-refractivity contribution is 0.280. The smallest absolute Gasteiger partial charge is 0.262 e. The summed E-state index contributed by atoms with van der Waals surface area (Å²) in [5.41, 5.74) is 0.736. The molecule has 0 spiro atoms. The Hall–Kier alpha value is -1.09. The summed E-state index contributed by atoms with van der Waals surface area (Å²) in [7, 11) is 1.25. The van der Waals surface area contributed by atoms with Gasteiger partial charge >= 0.3 is 0 Å². The van der Waals surface area contributed by atoms with Gasteiger partial charge in [-0.05, 0) is 24.1 Å². The minimum atomic E-state index is -3.97. The van der Waals surface area contributed by atoms with Crippen molar-refractivity contribution in [3.05, 3.63) is 28.8 Å². The molecule has 0 aliphatic heterocycles. The molecule has 0 amide bonds. The first-order valence-corrected chi connectivity index (χ1v) is 6.31. The molecule has 0 saturated carbocycles. The minimum Gasteiger partial charge on any atom is -0.392 e. The van der Waals surface area contributed by atoms with E-state index in [4.69, 9.17) is 21.1 Å². The van der Waals surface area contributed by atoms with Crippen molar-refractivity contribution in [3.8, 4) is 6.07 Å². The summed E-state index contributed by atoms with van der Waals surface area (Å²) in [6, 6.07) is 4.58. The van der Waals surface area contributed by atoms with Gasteiger partial charge in [0.15, 0.2) is 0 Å². The van der Waals surface area contributed by atoms with Crippen molar-refractivity contribution in [2.75, 3.05) is 0 Å². The maximum atomic E-state index is 11.2. The van der Waals surface area contributed by atoms with Crippen LogP contribution in [0.25, 0.3) is 0 Å². The summed E-state index contributed by atoms with van der Waals surface area (Å²) < 4.78 is 22.5. The van der Waals surface area contributed by atoms with Crippen LogP contribution in [0.4, 0.5) is 0 Å². The Bertz CT molecular complexity index is 531. The van der Waals surface area contributed by atoms with Crippen LogP contribution in [-0.2, 0) is 15.7 Å². The molecular formula is C9H8ClNO3S. The molecule has 6 heteroatoms. The molecule has 1 aromatic carbocycles. The molecule has 0 atom stereocenters. The molecule has 0 bridgehead atoms. The van der Waals surface area contributed by atoms with E-state index in [9.17, 15) is 8.42 Å². The van der Waals surface area contributed by atoms with Crippen molar-refractivity contribution in [1.29, 1.82) is 5.26 Å². The molecule has 0 heterocycles. The molecule has 0 radical (unpaired) electrons. The lowest BCUT2D eigenvalue weighted by Crippen LogP contribution is -2.02. The third-order valence-corrected chi connectivity index (χ3v) is 3.53. The summed E-state index contributed by atoms with van der Waals surface area (Å²) >= 11 is 0. The highest BCUT2D eigenvalue weighted by Crippen LogP contribution is 2.26. The Labute approximate surface area is 92.1 Å². The molecule has 0 aliphatic carbocycles. The zero-order valence-electron chi connectivity index (χ0n) is 7.86. The highest BCUT2D eigenvalue weighted by molar-refractivity contribution is 8.13. The molecule has 15 heavy (non-hydrogen) atoms. The zero-order valence-corrected chi connectivity index (χ0v) is 9.43. The van der Waals surface area contributed by atoms with Gasteiger partial charge in [0.25, 0.3) is 9.05 Å². The van der Waals surface area contributed by atoms with Crippen molar-refractivity contribution in [2.45, 2.75) is 18.4 Å². The molecule has 1 N–H and O–H groups in total. The van der Waals surface area contributed by atoms with Gasteiger partial charge in [0, 0.05) is 10.7 Å². The highest BCUT2D eigenvalue weighted by Gasteiger charge is 2.20. The first-order valence-electron chi connectivity index (χ1n) is 4.00. The lowest BCUT2D eigenvalue weighted by atomic mass is 10.1. The van der Waals surface area contributed by atoms with Gasteiger partial charge in [-0.1, -0.05) is 6.07 Å². The third-order valence-electron chi connectivity index (χ3n) is 2.05. The zero-order chi connectivity index (χ0) is 11.6. The van der Waals surface area contributed by atoms with Crippen LogP contribution in [0.15, 0.2) is 17.0 Å². The number of hydrogen-bond acceptors (Lipinski definition) is 4. The monoisotopic (exact) mass is 245 g/mol. The number of rotatable bonds is 2. The molecule has 0 aliphatic rings. The molecule has 1 rings (SSSR count). The molecule has 4 nitrogen and oxygen atoms in total. The molecule has 1 aromatic rings. The molecular weight excluding hydrogens is 238 g/mol. The fourth-order valence-corrected chi connectivity index (χ4v) is 2.78. The topological polar surface area (TPSA) is 78.2 Å². The number of nitrogens with zero attached hydrogens (tertiary/aromatic N) is 1. The van der Waals surface area contributed by atoms with E-state index in [0.717, 1.165) is 0 Å². The summed E-state index contributed by atoms with van der Waals surface area (Å²) in [5.74, 6) is 0. The van der Waals surface area contributed by atoms with Gasteiger partial charge in [-0.2, -0.15) is 5.26 Å². The Morgan fingerprint density at radius 1 is 1.53 bits per heavy atom. The number of nitriles is 1. The van der Waals surface area contributed by atoms with Gasteiger partial charge in [0.1, 0.15) is 11.0 Å². The van der Waals surface area contributed by atoms with Crippen LogP contribution >= 0.6 is 10.7 Å². The van der Waals surface area contributed by atoms with E-state index in [2.05, 4.69) is 0 Å². The molecule has 0 aromatic heterocycles. The van der Waals surface area contributed by atoms with Crippen molar-refractivity contribution in [1.82, 2.24) is 0 Å². The van der Waals surface area contributed by atoms with E-state index in [1.807, 2.05) is 0 Å². The molecule has 0 saturated heterocycles. The van der Waals surface area contributed by atoms with Gasteiger partial charge in [0.05, 0.1) is 12.2 Å². The second-order valence-corrected chi connectivity index (χ2v) is 5.44. The van der Waals surface area contributed by atoms with Gasteiger partial charge in [-0.15, -0.1) is 0 Å². The van der Waals surface area contributed by atoms with Crippen LogP contribution < -0.4 is 0 Å². The van der Waals surface area contributed by atoms with Crippen LogP contribution in [-0.4, -0.2) is 13.5 Å². The predicted molar refractivity (Wildman–Crippen MR) is 54.9 cm³/mol. The second kappa shape index (κ2) is 4.19. The number of hydrogen-bond donors (Lipinski definition) is 1. The van der Waals surface area contributed by atoms with E-state index in [-0.39, 0.29) is 17.1 Å². The quantitative estimate of drug-likeness (QED) is 0.797. The van der Waals surface area contributed by atoms with Gasteiger partial charge in [-0.3, -0.25) is 0 Å². The summed E-state index contributed by atoms with van der Waals surface area (Å²) in [4.78, 5) is -0.224. The summed E-state index contributed by atoms with van der Waals surface area (Å²) in [5, 5.41) is 17.7. The average Bonchev–Trinajstić information content (AvgIpc) is 2.15. The van der Waals surface area contributed by atoms with Crippen molar-refractivity contribution in [3.63, 3.8) is 0 Å². The molecule has 80 valence electrons. The Morgan fingerprint density at radius 2 is 2.13 bits per heavy atom. The number of benzene rings is 1. The third kappa shape index (κ3) is 2.29. The van der Waals surface area contributed by atoms with Crippen molar-refractivity contribution in [2.24, 2.45) is 0 Å². The minimum absolute atomic E-state index is 0.0142. The first-order chi connectivity index (χ1) is 6.91. The van der Waals surface area contributed by atoms with E-state index >= 15 is 0 Å². The maximum absolute atomic E-state index is 11.2. The van der Waals surface area contributed by atoms with E-state index in [1.54, 1.807) is 6.07 Å². The SMILES string of the molecule is Cc1c(CO)ccc(C#N)c1S(=O)(=O)Cl. The van der Waals surface area contributed by atoms with Crippen molar-refractivity contribution < 1.29 is 13.5 Å². The Balaban J connectivity index is 3.67. The number of aliphatic hydroxyl groups excluding tert-OH is 1. The molecule has 0 fully saturated rings. The van der Waals surface area contributed by atoms with Gasteiger partial charge in [-0.25, -0.2) is 8.42 Å². The van der Waals surface area contributed by atoms with Crippen molar-refractivity contribution >= 4 is 19.7 Å². The maximum Gasteiger partial charge on any atom is 0.262 e.